The fraction of sp³-hybridized carbons (Fsp3) is 0.429. The highest BCUT2D eigenvalue weighted by atomic mass is 16.2. The average Bonchev–Trinajstić information content (AvgIpc) is 2.34. The maximum absolute atomic E-state index is 12.0. The van der Waals surface area contributed by atoms with Crippen LogP contribution in [0.4, 0.5) is 0 Å². The highest BCUT2D eigenvalue weighted by molar-refractivity contribution is 6.02. The molecule has 0 saturated carbocycles. The van der Waals surface area contributed by atoms with E-state index in [4.69, 9.17) is 0 Å². The number of carbonyl (C=O) groups is 2. The number of benzene rings is 1. The third-order valence-corrected chi connectivity index (χ3v) is 3.25. The number of carbonyl (C=O) groups excluding carboxylic acids is 2. The van der Waals surface area contributed by atoms with Crippen LogP contribution in [0.2, 0.25) is 0 Å². The lowest BCUT2D eigenvalue weighted by Crippen LogP contribution is -2.57. The van der Waals surface area contributed by atoms with Gasteiger partial charge in [0.25, 0.3) is 0 Å². The Balaban J connectivity index is 2.28. The quantitative estimate of drug-likeness (QED) is 0.733. The minimum absolute atomic E-state index is 0.0578. The summed E-state index contributed by atoms with van der Waals surface area (Å²) in [6.07, 6.45) is 0. The van der Waals surface area contributed by atoms with Gasteiger partial charge in [-0.25, -0.2) is 0 Å². The first-order valence-electron chi connectivity index (χ1n) is 5.96. The topological polar surface area (TPSA) is 37.4 Å². The van der Waals surface area contributed by atoms with Crippen molar-refractivity contribution < 1.29 is 9.59 Å². The second kappa shape index (κ2) is 4.32. The lowest BCUT2D eigenvalue weighted by molar-refractivity contribution is -0.167. The summed E-state index contributed by atoms with van der Waals surface area (Å²) < 4.78 is 0. The molecule has 17 heavy (non-hydrogen) atoms. The average molecular weight is 231 g/mol. The molecule has 2 unspecified atom stereocenters. The summed E-state index contributed by atoms with van der Waals surface area (Å²) in [5.41, 5.74) is 1.04. The number of nitrogens with zero attached hydrogens (tertiary/aromatic N) is 1. The van der Waals surface area contributed by atoms with Crippen molar-refractivity contribution in [3.8, 4) is 0 Å². The number of imide groups is 1. The third-order valence-electron chi connectivity index (χ3n) is 3.25. The third kappa shape index (κ3) is 1.86. The summed E-state index contributed by atoms with van der Waals surface area (Å²) in [6.45, 7) is 5.52. The van der Waals surface area contributed by atoms with Gasteiger partial charge in [-0.15, -0.1) is 0 Å². The summed E-state index contributed by atoms with van der Waals surface area (Å²) in [4.78, 5) is 25.2. The van der Waals surface area contributed by atoms with Gasteiger partial charge in [-0.05, 0) is 5.56 Å². The van der Waals surface area contributed by atoms with Crippen molar-refractivity contribution in [3.63, 3.8) is 0 Å². The van der Waals surface area contributed by atoms with Crippen LogP contribution in [-0.4, -0.2) is 16.7 Å². The van der Waals surface area contributed by atoms with Crippen LogP contribution in [0.15, 0.2) is 30.3 Å². The predicted molar refractivity (Wildman–Crippen MR) is 65.0 cm³/mol. The maximum atomic E-state index is 12.0. The number of amides is 2. The Morgan fingerprint density at radius 1 is 1.24 bits per heavy atom. The molecule has 1 aromatic rings. The molecule has 2 rings (SSSR count). The summed E-state index contributed by atoms with van der Waals surface area (Å²) in [6, 6.07) is 9.65. The molecule has 0 N–H and O–H groups in total. The predicted octanol–water partition coefficient (Wildman–Crippen LogP) is 2.39. The molecule has 0 spiro atoms. The van der Waals surface area contributed by atoms with Gasteiger partial charge >= 0.3 is 0 Å². The van der Waals surface area contributed by atoms with Crippen molar-refractivity contribution in [2.24, 2.45) is 11.8 Å². The van der Waals surface area contributed by atoms with Gasteiger partial charge in [0.2, 0.25) is 11.8 Å². The van der Waals surface area contributed by atoms with Crippen molar-refractivity contribution >= 4 is 11.8 Å². The summed E-state index contributed by atoms with van der Waals surface area (Å²) in [7, 11) is 0. The number of hydrogen-bond acceptors (Lipinski definition) is 2. The first kappa shape index (κ1) is 11.8. The molecule has 3 nitrogen and oxygen atoms in total. The van der Waals surface area contributed by atoms with Gasteiger partial charge in [0.05, 0.1) is 12.0 Å². The largest absolute Gasteiger partial charge is 0.274 e. The standard InChI is InChI=1S/C14H17NO2/c1-9(2)13(16)15-12(10(3)14(15)17)11-7-5-4-6-8-11/h4-10,12H,1-3H3. The Bertz CT molecular complexity index is 439. The van der Waals surface area contributed by atoms with Crippen LogP contribution in [0.25, 0.3) is 0 Å². The number of likely N-dealkylation sites (tertiary alicyclic amines) is 1. The fourth-order valence-electron chi connectivity index (χ4n) is 2.24. The Kier molecular flexibility index (Phi) is 3.01. The molecule has 0 aliphatic carbocycles. The minimum atomic E-state index is -0.141. The molecule has 1 aliphatic heterocycles. The number of rotatable bonds is 2. The maximum Gasteiger partial charge on any atom is 0.235 e. The van der Waals surface area contributed by atoms with Crippen LogP contribution in [-0.2, 0) is 9.59 Å². The van der Waals surface area contributed by atoms with E-state index in [9.17, 15) is 9.59 Å². The van der Waals surface area contributed by atoms with Gasteiger partial charge in [-0.2, -0.15) is 0 Å². The second-order valence-electron chi connectivity index (χ2n) is 4.85. The summed E-state index contributed by atoms with van der Waals surface area (Å²) >= 11 is 0. The fourth-order valence-corrected chi connectivity index (χ4v) is 2.24. The molecule has 1 aliphatic rings. The van der Waals surface area contributed by atoms with Gasteiger partial charge in [0.1, 0.15) is 0 Å². The van der Waals surface area contributed by atoms with Crippen LogP contribution < -0.4 is 0 Å². The Hall–Kier alpha value is -1.64. The SMILES string of the molecule is CC(C)C(=O)N1C(=O)C(C)C1c1ccccc1. The van der Waals surface area contributed by atoms with E-state index in [1.807, 2.05) is 51.1 Å². The van der Waals surface area contributed by atoms with Crippen LogP contribution in [0.5, 0.6) is 0 Å². The lowest BCUT2D eigenvalue weighted by Gasteiger charge is -2.45. The molecule has 0 bridgehead atoms. The van der Waals surface area contributed by atoms with E-state index in [-0.39, 0.29) is 29.7 Å². The molecule has 2 atom stereocenters. The molecule has 1 aromatic carbocycles. The second-order valence-corrected chi connectivity index (χ2v) is 4.85. The number of β-lactam (4-membered cyclic amide) rings is 1. The first-order chi connectivity index (χ1) is 8.04. The molecule has 3 heteroatoms. The lowest BCUT2D eigenvalue weighted by atomic mass is 9.83. The smallest absolute Gasteiger partial charge is 0.235 e. The van der Waals surface area contributed by atoms with E-state index in [1.54, 1.807) is 0 Å². The van der Waals surface area contributed by atoms with Gasteiger partial charge in [0.15, 0.2) is 0 Å². The van der Waals surface area contributed by atoms with Crippen molar-refractivity contribution in [1.82, 2.24) is 4.90 Å². The van der Waals surface area contributed by atoms with Gasteiger partial charge in [0, 0.05) is 5.92 Å². The van der Waals surface area contributed by atoms with Crippen molar-refractivity contribution in [3.05, 3.63) is 35.9 Å². The molecule has 2 amide bonds. The summed E-state index contributed by atoms with van der Waals surface area (Å²) in [5, 5.41) is 0. The molecule has 1 heterocycles. The highest BCUT2D eigenvalue weighted by Gasteiger charge is 2.48. The molecule has 1 fully saturated rings. The van der Waals surface area contributed by atoms with E-state index in [2.05, 4.69) is 0 Å². The zero-order valence-corrected chi connectivity index (χ0v) is 10.4. The van der Waals surface area contributed by atoms with Gasteiger partial charge < -0.3 is 0 Å². The Morgan fingerprint density at radius 2 is 1.82 bits per heavy atom. The van der Waals surface area contributed by atoms with E-state index >= 15 is 0 Å². The Labute approximate surface area is 101 Å². The van der Waals surface area contributed by atoms with Gasteiger partial charge in [-0.1, -0.05) is 51.1 Å². The van der Waals surface area contributed by atoms with Crippen molar-refractivity contribution in [1.29, 1.82) is 0 Å². The molecular formula is C14H17NO2. The molecular weight excluding hydrogens is 214 g/mol. The minimum Gasteiger partial charge on any atom is -0.274 e. The van der Waals surface area contributed by atoms with Crippen molar-refractivity contribution in [2.45, 2.75) is 26.8 Å². The zero-order chi connectivity index (χ0) is 12.6. The monoisotopic (exact) mass is 231 g/mol. The van der Waals surface area contributed by atoms with Crippen LogP contribution in [0.1, 0.15) is 32.4 Å². The molecule has 0 radical (unpaired) electrons. The molecule has 0 aromatic heterocycles. The Morgan fingerprint density at radius 3 is 2.35 bits per heavy atom. The van der Waals surface area contributed by atoms with E-state index in [1.165, 1.54) is 4.90 Å². The highest BCUT2D eigenvalue weighted by Crippen LogP contribution is 2.40. The number of hydrogen-bond donors (Lipinski definition) is 0. The first-order valence-corrected chi connectivity index (χ1v) is 5.96. The van der Waals surface area contributed by atoms with E-state index < -0.39 is 0 Å². The molecule has 90 valence electrons. The van der Waals surface area contributed by atoms with Crippen LogP contribution >= 0.6 is 0 Å². The van der Waals surface area contributed by atoms with E-state index in [0.29, 0.717) is 0 Å². The van der Waals surface area contributed by atoms with Crippen LogP contribution in [0.3, 0.4) is 0 Å². The zero-order valence-electron chi connectivity index (χ0n) is 10.4. The van der Waals surface area contributed by atoms with Crippen molar-refractivity contribution in [2.75, 3.05) is 0 Å². The normalized spacial score (nSPS) is 23.8. The van der Waals surface area contributed by atoms with E-state index in [0.717, 1.165) is 5.56 Å². The molecule has 1 saturated heterocycles. The van der Waals surface area contributed by atoms with Crippen LogP contribution in [0, 0.1) is 11.8 Å². The van der Waals surface area contributed by atoms with Gasteiger partial charge in [-0.3, -0.25) is 14.5 Å². The summed E-state index contributed by atoms with van der Waals surface area (Å²) in [5.74, 6) is -0.378.